The maximum atomic E-state index is 6.10. The van der Waals surface area contributed by atoms with Crippen molar-refractivity contribution >= 4 is 28.5 Å². The number of fused-ring (bicyclic) bond motifs is 1. The summed E-state index contributed by atoms with van der Waals surface area (Å²) in [5, 5.41) is 12.4. The maximum Gasteiger partial charge on any atom is 0.245 e. The third-order valence-electron chi connectivity index (χ3n) is 2.42. The normalized spacial score (nSPS) is 10.9. The quantitative estimate of drug-likeness (QED) is 0.703. The first-order valence-corrected chi connectivity index (χ1v) is 5.22. The van der Waals surface area contributed by atoms with Crippen molar-refractivity contribution in [2.45, 2.75) is 0 Å². The van der Waals surface area contributed by atoms with Crippen LogP contribution in [0.4, 0.5) is 5.95 Å². The van der Waals surface area contributed by atoms with Crippen LogP contribution in [-0.2, 0) is 0 Å². The van der Waals surface area contributed by atoms with Gasteiger partial charge < -0.3 is 5.73 Å². The van der Waals surface area contributed by atoms with Crippen LogP contribution in [0.25, 0.3) is 16.6 Å². The molecule has 0 saturated heterocycles. The molecule has 0 fully saturated rings. The van der Waals surface area contributed by atoms with Crippen molar-refractivity contribution in [1.82, 2.24) is 25.2 Å². The molecule has 0 unspecified atom stereocenters. The first-order chi connectivity index (χ1) is 8.27. The predicted octanol–water partition coefficient (Wildman–Crippen LogP) is 1.45. The molecule has 3 rings (SSSR count). The summed E-state index contributed by atoms with van der Waals surface area (Å²) in [5.74, 6) is 0.208. The predicted molar refractivity (Wildman–Crippen MR) is 63.9 cm³/mol. The van der Waals surface area contributed by atoms with Gasteiger partial charge in [0.25, 0.3) is 0 Å². The van der Waals surface area contributed by atoms with Gasteiger partial charge in [-0.2, -0.15) is 4.68 Å². The summed E-state index contributed by atoms with van der Waals surface area (Å²) >= 11 is 6.10. The van der Waals surface area contributed by atoms with Gasteiger partial charge in [-0.15, -0.1) is 0 Å². The van der Waals surface area contributed by atoms with Crippen LogP contribution < -0.4 is 5.73 Å². The first kappa shape index (κ1) is 9.98. The number of pyridine rings is 1. The summed E-state index contributed by atoms with van der Waals surface area (Å²) in [6, 6.07) is 7.25. The second-order valence-electron chi connectivity index (χ2n) is 3.41. The van der Waals surface area contributed by atoms with E-state index in [2.05, 4.69) is 20.5 Å². The van der Waals surface area contributed by atoms with Crippen LogP contribution in [0.3, 0.4) is 0 Å². The Balaban J connectivity index is 2.39. The number of benzene rings is 1. The molecule has 0 atom stereocenters. The lowest BCUT2D eigenvalue weighted by molar-refractivity contribution is 0.794. The number of halogens is 1. The molecular formula is C10H7ClN6. The number of anilines is 1. The number of rotatable bonds is 1. The highest BCUT2D eigenvalue weighted by molar-refractivity contribution is 6.35. The van der Waals surface area contributed by atoms with E-state index in [9.17, 15) is 0 Å². The third kappa shape index (κ3) is 1.50. The Morgan fingerprint density at radius 1 is 1.24 bits per heavy atom. The number of aromatic nitrogens is 5. The van der Waals surface area contributed by atoms with Crippen molar-refractivity contribution in [3.05, 3.63) is 35.5 Å². The molecule has 7 heteroatoms. The topological polar surface area (TPSA) is 82.5 Å². The standard InChI is InChI=1S/C10H7ClN6/c11-7-3-4-8(17-10(12)14-15-16-17)9-6(7)2-1-5-13-9/h1-5H,(H2,12,14,16). The summed E-state index contributed by atoms with van der Waals surface area (Å²) < 4.78 is 1.42. The lowest BCUT2D eigenvalue weighted by atomic mass is 10.2. The molecule has 2 heterocycles. The molecule has 0 aliphatic carbocycles. The largest absolute Gasteiger partial charge is 0.366 e. The Morgan fingerprint density at radius 2 is 2.12 bits per heavy atom. The molecule has 84 valence electrons. The zero-order chi connectivity index (χ0) is 11.8. The second-order valence-corrected chi connectivity index (χ2v) is 3.82. The molecule has 2 aromatic heterocycles. The molecule has 0 saturated carbocycles. The van der Waals surface area contributed by atoms with Crippen LogP contribution in [0.5, 0.6) is 0 Å². The highest BCUT2D eigenvalue weighted by Crippen LogP contribution is 2.27. The number of tetrazole rings is 1. The smallest absolute Gasteiger partial charge is 0.245 e. The zero-order valence-electron chi connectivity index (χ0n) is 8.58. The molecule has 0 spiro atoms. The van der Waals surface area contributed by atoms with Crippen LogP contribution in [-0.4, -0.2) is 25.2 Å². The van der Waals surface area contributed by atoms with Crippen molar-refractivity contribution in [3.63, 3.8) is 0 Å². The van der Waals surface area contributed by atoms with Gasteiger partial charge >= 0.3 is 0 Å². The van der Waals surface area contributed by atoms with Crippen LogP contribution in [0.15, 0.2) is 30.5 Å². The molecule has 0 radical (unpaired) electrons. The van der Waals surface area contributed by atoms with Gasteiger partial charge in [0.1, 0.15) is 0 Å². The van der Waals surface area contributed by atoms with Gasteiger partial charge in [-0.3, -0.25) is 4.98 Å². The van der Waals surface area contributed by atoms with E-state index in [1.807, 2.05) is 12.1 Å². The van der Waals surface area contributed by atoms with E-state index in [4.69, 9.17) is 17.3 Å². The van der Waals surface area contributed by atoms with E-state index in [-0.39, 0.29) is 5.95 Å². The van der Waals surface area contributed by atoms with Gasteiger partial charge in [0.2, 0.25) is 5.95 Å². The minimum atomic E-state index is 0.208. The second kappa shape index (κ2) is 3.67. The third-order valence-corrected chi connectivity index (χ3v) is 2.75. The fourth-order valence-electron chi connectivity index (χ4n) is 1.66. The molecule has 0 aliphatic heterocycles. The summed E-state index contributed by atoms with van der Waals surface area (Å²) in [6.07, 6.45) is 1.68. The van der Waals surface area contributed by atoms with E-state index in [0.717, 1.165) is 5.39 Å². The van der Waals surface area contributed by atoms with Crippen molar-refractivity contribution in [2.75, 3.05) is 5.73 Å². The zero-order valence-corrected chi connectivity index (χ0v) is 9.33. The number of nitrogen functional groups attached to an aromatic ring is 1. The summed E-state index contributed by atoms with van der Waals surface area (Å²) in [7, 11) is 0. The van der Waals surface area contributed by atoms with Crippen LogP contribution >= 0.6 is 11.6 Å². The fourth-order valence-corrected chi connectivity index (χ4v) is 1.87. The van der Waals surface area contributed by atoms with E-state index >= 15 is 0 Å². The molecule has 0 aliphatic rings. The minimum Gasteiger partial charge on any atom is -0.366 e. The van der Waals surface area contributed by atoms with E-state index in [0.29, 0.717) is 16.2 Å². The Hall–Kier alpha value is -2.21. The lowest BCUT2D eigenvalue weighted by Gasteiger charge is -2.06. The Kier molecular flexibility index (Phi) is 2.15. The average Bonchev–Trinajstić information content (AvgIpc) is 2.77. The van der Waals surface area contributed by atoms with Crippen LogP contribution in [0, 0.1) is 0 Å². The SMILES string of the molecule is Nc1nnnn1-c1ccc(Cl)c2cccnc12. The van der Waals surface area contributed by atoms with Crippen LogP contribution in [0.2, 0.25) is 5.02 Å². The number of hydrogen-bond acceptors (Lipinski definition) is 5. The molecular weight excluding hydrogens is 240 g/mol. The molecule has 0 amide bonds. The van der Waals surface area contributed by atoms with E-state index in [1.54, 1.807) is 18.3 Å². The van der Waals surface area contributed by atoms with Crippen molar-refractivity contribution in [1.29, 1.82) is 0 Å². The Labute approximate surface area is 101 Å². The molecule has 17 heavy (non-hydrogen) atoms. The van der Waals surface area contributed by atoms with Crippen molar-refractivity contribution in [2.24, 2.45) is 0 Å². The van der Waals surface area contributed by atoms with Gasteiger partial charge in [0.05, 0.1) is 16.2 Å². The molecule has 1 aromatic carbocycles. The first-order valence-electron chi connectivity index (χ1n) is 4.85. The van der Waals surface area contributed by atoms with Crippen molar-refractivity contribution < 1.29 is 0 Å². The number of hydrogen-bond donors (Lipinski definition) is 1. The molecule has 0 bridgehead atoms. The Morgan fingerprint density at radius 3 is 2.88 bits per heavy atom. The fraction of sp³-hybridized carbons (Fsp3) is 0. The van der Waals surface area contributed by atoms with Crippen molar-refractivity contribution in [3.8, 4) is 5.69 Å². The number of nitrogens with zero attached hydrogens (tertiary/aromatic N) is 5. The molecule has 2 N–H and O–H groups in total. The Bertz CT molecular complexity index is 692. The van der Waals surface area contributed by atoms with Crippen LogP contribution in [0.1, 0.15) is 0 Å². The molecule has 3 aromatic rings. The van der Waals surface area contributed by atoms with Gasteiger partial charge in [0, 0.05) is 11.6 Å². The van der Waals surface area contributed by atoms with Gasteiger partial charge in [-0.05, 0) is 34.7 Å². The summed E-state index contributed by atoms with van der Waals surface area (Å²) in [5.41, 5.74) is 7.08. The highest BCUT2D eigenvalue weighted by atomic mass is 35.5. The lowest BCUT2D eigenvalue weighted by Crippen LogP contribution is -2.03. The minimum absolute atomic E-state index is 0.208. The van der Waals surface area contributed by atoms with Gasteiger partial charge in [0.15, 0.2) is 0 Å². The average molecular weight is 247 g/mol. The highest BCUT2D eigenvalue weighted by Gasteiger charge is 2.11. The molecule has 6 nitrogen and oxygen atoms in total. The van der Waals surface area contributed by atoms with E-state index < -0.39 is 0 Å². The van der Waals surface area contributed by atoms with Gasteiger partial charge in [-0.25, -0.2) is 0 Å². The summed E-state index contributed by atoms with van der Waals surface area (Å²) in [6.45, 7) is 0. The summed E-state index contributed by atoms with van der Waals surface area (Å²) in [4.78, 5) is 4.28. The maximum absolute atomic E-state index is 6.10. The number of nitrogens with two attached hydrogens (primary N) is 1. The monoisotopic (exact) mass is 246 g/mol. The van der Waals surface area contributed by atoms with Gasteiger partial charge in [-0.1, -0.05) is 16.7 Å². The van der Waals surface area contributed by atoms with E-state index in [1.165, 1.54) is 4.68 Å².